The van der Waals surface area contributed by atoms with Gasteiger partial charge in [-0.05, 0) is 24.3 Å². The molecule has 0 heterocycles. The van der Waals surface area contributed by atoms with Crippen LogP contribution in [0.25, 0.3) is 0 Å². The highest BCUT2D eigenvalue weighted by Crippen LogP contribution is 2.27. The third-order valence-electron chi connectivity index (χ3n) is 3.00. The minimum absolute atomic E-state index is 0.00727. The van der Waals surface area contributed by atoms with Gasteiger partial charge in [0.15, 0.2) is 11.5 Å². The number of carbonyl (C=O) groups is 2. The van der Waals surface area contributed by atoms with Crippen molar-refractivity contribution >= 4 is 11.6 Å². The molecule has 2 aliphatic rings. The summed E-state index contributed by atoms with van der Waals surface area (Å²) in [6.45, 7) is 0. The van der Waals surface area contributed by atoms with Gasteiger partial charge in [-0.2, -0.15) is 0 Å². The lowest BCUT2D eigenvalue weighted by Gasteiger charge is -2.22. The Morgan fingerprint density at radius 2 is 1.22 bits per heavy atom. The van der Waals surface area contributed by atoms with E-state index in [0.717, 1.165) is 0 Å². The zero-order valence-corrected chi connectivity index (χ0v) is 10.3. The molecule has 0 aliphatic heterocycles. The lowest BCUT2D eigenvalue weighted by molar-refractivity contribution is -0.115. The third-order valence-corrected chi connectivity index (χ3v) is 3.00. The molecule has 2 rings (SSSR count). The van der Waals surface area contributed by atoms with Gasteiger partial charge in [0.2, 0.25) is 11.6 Å². The van der Waals surface area contributed by atoms with E-state index in [9.17, 15) is 9.59 Å². The molecule has 0 aromatic rings. The maximum Gasteiger partial charge on any atom is 0.219 e. The van der Waals surface area contributed by atoms with E-state index >= 15 is 0 Å². The highest BCUT2D eigenvalue weighted by Gasteiger charge is 2.24. The number of allylic oxidation sites excluding steroid dienone is 6. The zero-order chi connectivity index (χ0) is 13.1. The Morgan fingerprint density at radius 3 is 1.56 bits per heavy atom. The number of carbonyl (C=O) groups excluding carboxylic acids is 2. The van der Waals surface area contributed by atoms with Crippen LogP contribution in [-0.4, -0.2) is 25.8 Å². The van der Waals surface area contributed by atoms with Gasteiger partial charge in [0, 0.05) is 11.8 Å². The highest BCUT2D eigenvalue weighted by molar-refractivity contribution is 6.04. The molecule has 0 saturated heterocycles. The van der Waals surface area contributed by atoms with Crippen molar-refractivity contribution in [3.8, 4) is 0 Å². The van der Waals surface area contributed by atoms with Gasteiger partial charge < -0.3 is 9.47 Å². The Bertz CT molecular complexity index is 448. The lowest BCUT2D eigenvalue weighted by atomic mass is 9.85. The van der Waals surface area contributed by atoms with Crippen molar-refractivity contribution in [2.75, 3.05) is 14.2 Å². The Kier molecular flexibility index (Phi) is 3.46. The summed E-state index contributed by atoms with van der Waals surface area (Å²) in [4.78, 5) is 22.9. The molecule has 0 N–H and O–H groups in total. The Morgan fingerprint density at radius 1 is 0.833 bits per heavy atom. The summed E-state index contributed by atoms with van der Waals surface area (Å²) in [5.41, 5.74) is 0. The second-order valence-corrected chi connectivity index (χ2v) is 4.07. The van der Waals surface area contributed by atoms with Crippen LogP contribution < -0.4 is 0 Å². The minimum Gasteiger partial charge on any atom is -0.493 e. The lowest BCUT2D eigenvalue weighted by Crippen LogP contribution is -2.18. The molecule has 0 saturated carbocycles. The monoisotopic (exact) mass is 246 g/mol. The zero-order valence-electron chi connectivity index (χ0n) is 10.3. The average molecular weight is 246 g/mol. The molecule has 4 heteroatoms. The summed E-state index contributed by atoms with van der Waals surface area (Å²) in [5.74, 6) is 0.376. The van der Waals surface area contributed by atoms with Gasteiger partial charge in [0.05, 0.1) is 14.2 Å². The minimum atomic E-state index is -0.138. The van der Waals surface area contributed by atoms with Gasteiger partial charge in [0.25, 0.3) is 0 Å². The second-order valence-electron chi connectivity index (χ2n) is 4.07. The van der Waals surface area contributed by atoms with Crippen molar-refractivity contribution in [2.45, 2.75) is 0 Å². The molecule has 0 spiro atoms. The van der Waals surface area contributed by atoms with E-state index in [2.05, 4.69) is 0 Å². The largest absolute Gasteiger partial charge is 0.493 e. The van der Waals surface area contributed by atoms with Crippen LogP contribution in [0.15, 0.2) is 48.0 Å². The average Bonchev–Trinajstić information content (AvgIpc) is 2.40. The second kappa shape index (κ2) is 5.04. The van der Waals surface area contributed by atoms with E-state index in [0.29, 0.717) is 11.5 Å². The number of hydrogen-bond acceptors (Lipinski definition) is 4. The number of rotatable bonds is 3. The van der Waals surface area contributed by atoms with E-state index < -0.39 is 0 Å². The van der Waals surface area contributed by atoms with Crippen LogP contribution in [0.1, 0.15) is 0 Å². The Hall–Kier alpha value is -2.10. The number of hydrogen-bond donors (Lipinski definition) is 0. The van der Waals surface area contributed by atoms with E-state index in [4.69, 9.17) is 9.47 Å². The molecule has 94 valence electrons. The highest BCUT2D eigenvalue weighted by atomic mass is 16.5. The molecular weight excluding hydrogens is 232 g/mol. The van der Waals surface area contributed by atoms with Crippen LogP contribution in [0.2, 0.25) is 0 Å². The molecule has 0 fully saturated rings. The first kappa shape index (κ1) is 12.4. The fourth-order valence-electron chi connectivity index (χ4n) is 2.00. The van der Waals surface area contributed by atoms with Crippen LogP contribution in [-0.2, 0) is 19.1 Å². The van der Waals surface area contributed by atoms with Crippen LogP contribution in [0.5, 0.6) is 0 Å². The molecule has 0 bridgehead atoms. The first-order valence-corrected chi connectivity index (χ1v) is 5.62. The SMILES string of the molecule is COC1=CC(C2C=CC(=O)C(OC)=C2)C=CC1=O. The molecule has 2 aliphatic carbocycles. The van der Waals surface area contributed by atoms with Crippen molar-refractivity contribution in [2.24, 2.45) is 11.8 Å². The standard InChI is InChI=1S/C14H14O4/c1-17-13-7-9(3-5-11(13)15)10-4-6-12(16)14(8-10)18-2/h3-10H,1-2H3. The molecule has 0 aromatic carbocycles. The van der Waals surface area contributed by atoms with Crippen LogP contribution >= 0.6 is 0 Å². The van der Waals surface area contributed by atoms with Crippen LogP contribution in [0.3, 0.4) is 0 Å². The molecular formula is C14H14O4. The number of ether oxygens (including phenoxy) is 2. The van der Waals surface area contributed by atoms with Crippen molar-refractivity contribution in [3.05, 3.63) is 48.0 Å². The predicted molar refractivity (Wildman–Crippen MR) is 65.5 cm³/mol. The van der Waals surface area contributed by atoms with Gasteiger partial charge in [-0.15, -0.1) is 0 Å². The molecule has 18 heavy (non-hydrogen) atoms. The Labute approximate surface area is 105 Å². The summed E-state index contributed by atoms with van der Waals surface area (Å²) in [6.07, 6.45) is 10.1. The molecule has 2 atom stereocenters. The summed E-state index contributed by atoms with van der Waals surface area (Å²) >= 11 is 0. The van der Waals surface area contributed by atoms with Gasteiger partial charge in [-0.1, -0.05) is 12.2 Å². The maximum atomic E-state index is 11.4. The van der Waals surface area contributed by atoms with E-state index in [1.165, 1.54) is 26.4 Å². The summed E-state index contributed by atoms with van der Waals surface area (Å²) in [5, 5.41) is 0. The fraction of sp³-hybridized carbons (Fsp3) is 0.286. The summed E-state index contributed by atoms with van der Waals surface area (Å²) in [7, 11) is 2.94. The number of ketones is 2. The van der Waals surface area contributed by atoms with E-state index in [1.807, 2.05) is 0 Å². The van der Waals surface area contributed by atoms with Crippen molar-refractivity contribution < 1.29 is 19.1 Å². The van der Waals surface area contributed by atoms with Crippen molar-refractivity contribution in [1.29, 1.82) is 0 Å². The first-order valence-electron chi connectivity index (χ1n) is 5.62. The summed E-state index contributed by atoms with van der Waals surface area (Å²) in [6, 6.07) is 0. The van der Waals surface area contributed by atoms with Gasteiger partial charge in [-0.3, -0.25) is 9.59 Å². The topological polar surface area (TPSA) is 52.6 Å². The predicted octanol–water partition coefficient (Wildman–Crippen LogP) is 1.56. The molecule has 0 radical (unpaired) electrons. The van der Waals surface area contributed by atoms with Crippen LogP contribution in [0.4, 0.5) is 0 Å². The quantitative estimate of drug-likeness (QED) is 0.758. The molecule has 0 amide bonds. The van der Waals surface area contributed by atoms with Crippen molar-refractivity contribution in [3.63, 3.8) is 0 Å². The van der Waals surface area contributed by atoms with E-state index in [-0.39, 0.29) is 23.4 Å². The van der Waals surface area contributed by atoms with Crippen LogP contribution in [0, 0.1) is 11.8 Å². The van der Waals surface area contributed by atoms with Gasteiger partial charge in [-0.25, -0.2) is 0 Å². The molecule has 4 nitrogen and oxygen atoms in total. The fourth-order valence-corrected chi connectivity index (χ4v) is 2.00. The smallest absolute Gasteiger partial charge is 0.219 e. The molecule has 0 aromatic heterocycles. The normalized spacial score (nSPS) is 26.8. The number of methoxy groups -OCH3 is 2. The summed E-state index contributed by atoms with van der Waals surface area (Å²) < 4.78 is 10.0. The molecule has 2 unspecified atom stereocenters. The Balaban J connectivity index is 2.23. The van der Waals surface area contributed by atoms with Gasteiger partial charge in [0.1, 0.15) is 0 Å². The maximum absolute atomic E-state index is 11.4. The van der Waals surface area contributed by atoms with E-state index in [1.54, 1.807) is 24.3 Å². The van der Waals surface area contributed by atoms with Crippen molar-refractivity contribution in [1.82, 2.24) is 0 Å². The third kappa shape index (κ3) is 2.27. The first-order chi connectivity index (χ1) is 8.65. The van der Waals surface area contributed by atoms with Gasteiger partial charge >= 0.3 is 0 Å².